The molecule has 0 radical (unpaired) electrons. The Balaban J connectivity index is 2.45. The number of aryl methyl sites for hydroxylation is 2. The molecule has 104 valence electrons. The third-order valence-corrected chi connectivity index (χ3v) is 3.88. The standard InChI is InChI=1S/C12H23N3O2S/c1-4-18(16)9-6-13-12-14-11(2)10-15(12)7-5-8-17-3/h10H,4-9H2,1-3H3,(H,13,14). The smallest absolute Gasteiger partial charge is 0.203 e. The van der Waals surface area contributed by atoms with E-state index in [-0.39, 0.29) is 0 Å². The molecular formula is C12H23N3O2S. The molecule has 0 fully saturated rings. The highest BCUT2D eigenvalue weighted by Crippen LogP contribution is 2.09. The number of nitrogens with one attached hydrogen (secondary N) is 1. The van der Waals surface area contributed by atoms with E-state index in [1.807, 2.05) is 20.0 Å². The van der Waals surface area contributed by atoms with Crippen LogP contribution in [0.3, 0.4) is 0 Å². The molecule has 1 aromatic rings. The van der Waals surface area contributed by atoms with Gasteiger partial charge in [0.25, 0.3) is 0 Å². The number of methoxy groups -OCH3 is 1. The Morgan fingerprint density at radius 3 is 3.00 bits per heavy atom. The molecule has 0 saturated carbocycles. The van der Waals surface area contributed by atoms with E-state index in [1.54, 1.807) is 7.11 Å². The minimum Gasteiger partial charge on any atom is -0.385 e. The number of hydrogen-bond acceptors (Lipinski definition) is 4. The zero-order valence-corrected chi connectivity index (χ0v) is 12.3. The monoisotopic (exact) mass is 273 g/mol. The Bertz CT molecular complexity index is 379. The fourth-order valence-corrected chi connectivity index (χ4v) is 2.28. The van der Waals surface area contributed by atoms with E-state index in [2.05, 4.69) is 14.9 Å². The van der Waals surface area contributed by atoms with Crippen molar-refractivity contribution in [3.05, 3.63) is 11.9 Å². The summed E-state index contributed by atoms with van der Waals surface area (Å²) in [6.07, 6.45) is 2.98. The Kier molecular flexibility index (Phi) is 6.97. The second-order valence-electron chi connectivity index (χ2n) is 4.11. The van der Waals surface area contributed by atoms with Gasteiger partial charge in [0.15, 0.2) is 0 Å². The van der Waals surface area contributed by atoms with E-state index >= 15 is 0 Å². The van der Waals surface area contributed by atoms with E-state index in [9.17, 15) is 4.21 Å². The van der Waals surface area contributed by atoms with Gasteiger partial charge in [-0.2, -0.15) is 0 Å². The van der Waals surface area contributed by atoms with Crippen LogP contribution in [0.4, 0.5) is 5.95 Å². The normalized spacial score (nSPS) is 12.6. The van der Waals surface area contributed by atoms with Crippen molar-refractivity contribution in [2.75, 3.05) is 37.1 Å². The minimum atomic E-state index is -0.727. The molecule has 1 N–H and O–H groups in total. The largest absolute Gasteiger partial charge is 0.385 e. The molecule has 1 rings (SSSR count). The molecule has 0 amide bonds. The Labute approximate surface area is 111 Å². The molecule has 0 aromatic carbocycles. The van der Waals surface area contributed by atoms with Crippen LogP contribution in [0.25, 0.3) is 0 Å². The maximum Gasteiger partial charge on any atom is 0.203 e. The van der Waals surface area contributed by atoms with Crippen LogP contribution >= 0.6 is 0 Å². The fourth-order valence-electron chi connectivity index (χ4n) is 1.66. The van der Waals surface area contributed by atoms with Crippen molar-refractivity contribution in [1.29, 1.82) is 0 Å². The minimum absolute atomic E-state index is 0.667. The van der Waals surface area contributed by atoms with Gasteiger partial charge in [0.05, 0.1) is 5.69 Å². The van der Waals surface area contributed by atoms with Gasteiger partial charge in [0.2, 0.25) is 5.95 Å². The predicted molar refractivity (Wildman–Crippen MR) is 75.5 cm³/mol. The van der Waals surface area contributed by atoms with Gasteiger partial charge >= 0.3 is 0 Å². The maximum atomic E-state index is 11.3. The summed E-state index contributed by atoms with van der Waals surface area (Å²) in [7, 11) is 0.980. The molecule has 0 bridgehead atoms. The molecule has 5 nitrogen and oxygen atoms in total. The summed E-state index contributed by atoms with van der Waals surface area (Å²) in [5, 5.41) is 3.24. The third kappa shape index (κ3) is 5.18. The first-order valence-corrected chi connectivity index (χ1v) is 7.77. The highest BCUT2D eigenvalue weighted by Gasteiger charge is 2.05. The van der Waals surface area contributed by atoms with Crippen LogP contribution in [-0.2, 0) is 22.1 Å². The summed E-state index contributed by atoms with van der Waals surface area (Å²) in [4.78, 5) is 4.42. The molecule has 0 aliphatic carbocycles. The Hall–Kier alpha value is -0.880. The number of hydrogen-bond donors (Lipinski definition) is 1. The molecule has 0 aliphatic heterocycles. The van der Waals surface area contributed by atoms with Gasteiger partial charge < -0.3 is 14.6 Å². The second kappa shape index (κ2) is 8.26. The van der Waals surface area contributed by atoms with Crippen molar-refractivity contribution in [3.8, 4) is 0 Å². The molecule has 1 atom stereocenters. The molecule has 18 heavy (non-hydrogen) atoms. The number of aromatic nitrogens is 2. The van der Waals surface area contributed by atoms with E-state index < -0.39 is 10.8 Å². The third-order valence-electron chi connectivity index (χ3n) is 2.58. The topological polar surface area (TPSA) is 56.2 Å². The van der Waals surface area contributed by atoms with Crippen LogP contribution in [0, 0.1) is 6.92 Å². The van der Waals surface area contributed by atoms with Crippen molar-refractivity contribution in [1.82, 2.24) is 9.55 Å². The zero-order valence-electron chi connectivity index (χ0n) is 11.4. The molecule has 1 heterocycles. The average molecular weight is 273 g/mol. The molecule has 1 aromatic heterocycles. The molecule has 0 saturated heterocycles. The summed E-state index contributed by atoms with van der Waals surface area (Å²) in [5.41, 5.74) is 0.992. The van der Waals surface area contributed by atoms with Gasteiger partial charge in [0, 0.05) is 55.3 Å². The molecular weight excluding hydrogens is 250 g/mol. The number of ether oxygens (including phenoxy) is 1. The zero-order chi connectivity index (χ0) is 13.4. The van der Waals surface area contributed by atoms with Crippen molar-refractivity contribution in [2.24, 2.45) is 0 Å². The van der Waals surface area contributed by atoms with E-state index in [0.717, 1.165) is 31.2 Å². The summed E-state index contributed by atoms with van der Waals surface area (Å²) in [6, 6.07) is 0. The first-order valence-electron chi connectivity index (χ1n) is 6.29. The lowest BCUT2D eigenvalue weighted by Crippen LogP contribution is -2.15. The lowest BCUT2D eigenvalue weighted by atomic mass is 10.4. The summed E-state index contributed by atoms with van der Waals surface area (Å²) < 4.78 is 18.5. The van der Waals surface area contributed by atoms with Crippen LogP contribution in [0.2, 0.25) is 0 Å². The van der Waals surface area contributed by atoms with Crippen molar-refractivity contribution in [2.45, 2.75) is 26.8 Å². The number of anilines is 1. The lowest BCUT2D eigenvalue weighted by molar-refractivity contribution is 0.190. The van der Waals surface area contributed by atoms with Crippen LogP contribution in [0.1, 0.15) is 19.0 Å². The maximum absolute atomic E-state index is 11.3. The molecule has 6 heteroatoms. The molecule has 0 aliphatic rings. The quantitative estimate of drug-likeness (QED) is 0.691. The first kappa shape index (κ1) is 15.2. The van der Waals surface area contributed by atoms with Gasteiger partial charge in [-0.1, -0.05) is 6.92 Å². The molecule has 1 unspecified atom stereocenters. The first-order chi connectivity index (χ1) is 8.67. The van der Waals surface area contributed by atoms with Gasteiger partial charge in [-0.25, -0.2) is 4.98 Å². The fraction of sp³-hybridized carbons (Fsp3) is 0.750. The van der Waals surface area contributed by atoms with E-state index in [4.69, 9.17) is 4.74 Å². The Morgan fingerprint density at radius 1 is 1.56 bits per heavy atom. The van der Waals surface area contributed by atoms with Gasteiger partial charge in [0.1, 0.15) is 0 Å². The summed E-state index contributed by atoms with van der Waals surface area (Å²) >= 11 is 0. The van der Waals surface area contributed by atoms with Crippen molar-refractivity contribution < 1.29 is 8.95 Å². The number of rotatable bonds is 9. The van der Waals surface area contributed by atoms with Crippen LogP contribution in [-0.4, -0.2) is 45.5 Å². The van der Waals surface area contributed by atoms with E-state index in [0.29, 0.717) is 18.1 Å². The molecule has 0 spiro atoms. The van der Waals surface area contributed by atoms with Crippen LogP contribution in [0.15, 0.2) is 6.20 Å². The Morgan fingerprint density at radius 2 is 2.33 bits per heavy atom. The van der Waals surface area contributed by atoms with Crippen LogP contribution < -0.4 is 5.32 Å². The SMILES string of the molecule is CCS(=O)CCNc1nc(C)cn1CCCOC. The van der Waals surface area contributed by atoms with E-state index in [1.165, 1.54) is 0 Å². The van der Waals surface area contributed by atoms with Crippen molar-refractivity contribution >= 4 is 16.7 Å². The lowest BCUT2D eigenvalue weighted by Gasteiger charge is -2.09. The average Bonchev–Trinajstić information content (AvgIpc) is 2.70. The van der Waals surface area contributed by atoms with Crippen LogP contribution in [0.5, 0.6) is 0 Å². The summed E-state index contributed by atoms with van der Waals surface area (Å²) in [6.45, 7) is 6.24. The van der Waals surface area contributed by atoms with Crippen molar-refractivity contribution in [3.63, 3.8) is 0 Å². The summed E-state index contributed by atoms with van der Waals surface area (Å²) in [5.74, 6) is 2.24. The highest BCUT2D eigenvalue weighted by atomic mass is 32.2. The second-order valence-corrected chi connectivity index (χ2v) is 5.97. The highest BCUT2D eigenvalue weighted by molar-refractivity contribution is 7.84. The van der Waals surface area contributed by atoms with Gasteiger partial charge in [-0.15, -0.1) is 0 Å². The number of imidazole rings is 1. The van der Waals surface area contributed by atoms with Gasteiger partial charge in [-0.05, 0) is 13.3 Å². The van der Waals surface area contributed by atoms with Gasteiger partial charge in [-0.3, -0.25) is 4.21 Å². The number of nitrogens with zero attached hydrogens (tertiary/aromatic N) is 2. The predicted octanol–water partition coefficient (Wildman–Crippen LogP) is 1.41.